The van der Waals surface area contributed by atoms with Crippen molar-refractivity contribution in [2.75, 3.05) is 28.7 Å². The van der Waals surface area contributed by atoms with Gasteiger partial charge >= 0.3 is 0 Å². The van der Waals surface area contributed by atoms with Crippen LogP contribution in [0.3, 0.4) is 0 Å². The summed E-state index contributed by atoms with van der Waals surface area (Å²) < 4.78 is 1.03. The molecule has 2 aliphatic heterocycles. The first kappa shape index (κ1) is 28.3. The number of aliphatic hydroxyl groups excluding tert-OH is 3. The number of pyridine rings is 2. The molecule has 4 aromatic heterocycles. The van der Waals surface area contributed by atoms with E-state index in [1.54, 1.807) is 17.5 Å². The van der Waals surface area contributed by atoms with E-state index in [-0.39, 0.29) is 6.61 Å². The van der Waals surface area contributed by atoms with Crippen LogP contribution in [0.1, 0.15) is 43.5 Å². The quantitative estimate of drug-likeness (QED) is 0.201. The lowest BCUT2D eigenvalue weighted by Crippen LogP contribution is -2.44. The molecule has 5 N–H and O–H groups in total. The van der Waals surface area contributed by atoms with Gasteiger partial charge in [-0.1, -0.05) is 6.07 Å². The molecule has 0 amide bonds. The highest BCUT2D eigenvalue weighted by molar-refractivity contribution is 7.21. The van der Waals surface area contributed by atoms with E-state index in [1.807, 2.05) is 32.2 Å². The van der Waals surface area contributed by atoms with Gasteiger partial charge in [-0.3, -0.25) is 4.98 Å². The molecule has 3 aliphatic rings. The molecular weight excluding hydrogens is 564 g/mol. The van der Waals surface area contributed by atoms with Crippen LogP contribution in [0.4, 0.5) is 17.6 Å². The minimum Gasteiger partial charge on any atom is -0.396 e. The monoisotopic (exact) mass is 602 g/mol. The molecule has 0 aromatic carbocycles. The summed E-state index contributed by atoms with van der Waals surface area (Å²) in [5.41, 5.74) is 3.23. The van der Waals surface area contributed by atoms with Crippen LogP contribution in [0, 0.1) is 25.7 Å². The highest BCUT2D eigenvalue weighted by Gasteiger charge is 2.42. The van der Waals surface area contributed by atoms with Crippen LogP contribution in [0.5, 0.6) is 0 Å². The van der Waals surface area contributed by atoms with E-state index in [0.717, 1.165) is 57.4 Å². The van der Waals surface area contributed by atoms with Crippen LogP contribution in [-0.4, -0.2) is 83.7 Å². The molecular formula is C31H38N8O3S. The van der Waals surface area contributed by atoms with E-state index in [2.05, 4.69) is 37.6 Å². The summed E-state index contributed by atoms with van der Waals surface area (Å²) in [6.45, 7) is 4.47. The lowest BCUT2D eigenvalue weighted by Gasteiger charge is -2.40. The van der Waals surface area contributed by atoms with Crippen molar-refractivity contribution in [3.05, 3.63) is 48.0 Å². The third-order valence-electron chi connectivity index (χ3n) is 9.45. The number of thiazole rings is 1. The molecule has 0 spiro atoms. The van der Waals surface area contributed by atoms with E-state index in [0.29, 0.717) is 36.2 Å². The molecule has 2 bridgehead atoms. The van der Waals surface area contributed by atoms with Gasteiger partial charge in [-0.05, 0) is 70.1 Å². The van der Waals surface area contributed by atoms with Gasteiger partial charge < -0.3 is 30.9 Å². The molecule has 7 atom stereocenters. The largest absolute Gasteiger partial charge is 0.396 e. The van der Waals surface area contributed by atoms with Crippen molar-refractivity contribution in [3.63, 3.8) is 0 Å². The average Bonchev–Trinajstić information content (AvgIpc) is 3.64. The number of anilines is 3. The maximum atomic E-state index is 10.8. The Bertz CT molecular complexity index is 1590. The summed E-state index contributed by atoms with van der Waals surface area (Å²) in [7, 11) is 0. The molecule has 0 radical (unpaired) electrons. The fourth-order valence-electron chi connectivity index (χ4n) is 7.30. The molecule has 1 aliphatic carbocycles. The van der Waals surface area contributed by atoms with E-state index >= 15 is 0 Å². The molecule has 1 unspecified atom stereocenters. The van der Waals surface area contributed by atoms with Crippen LogP contribution < -0.4 is 15.5 Å². The molecule has 226 valence electrons. The van der Waals surface area contributed by atoms with Gasteiger partial charge in [-0.2, -0.15) is 4.98 Å². The smallest absolute Gasteiger partial charge is 0.224 e. The first-order valence-electron chi connectivity index (χ1n) is 15.2. The molecule has 1 saturated carbocycles. The minimum absolute atomic E-state index is 0.190. The fourth-order valence-corrected chi connectivity index (χ4v) is 8.41. The first-order valence-corrected chi connectivity index (χ1v) is 16.0. The van der Waals surface area contributed by atoms with Gasteiger partial charge in [0.1, 0.15) is 28.3 Å². The van der Waals surface area contributed by atoms with Crippen LogP contribution >= 0.6 is 11.3 Å². The van der Waals surface area contributed by atoms with Gasteiger partial charge in [0.15, 0.2) is 0 Å². The SMILES string of the molecule is Cc1nc(NCC2C[C@H]3CC[C@@H](C2)N3c2ccccn2)nc(N[C@@H]2C[C@H](CO)[C@@H](O)[C@H]2O)c1-c1nc2c(C)nccc2s1. The molecule has 6 heterocycles. The lowest BCUT2D eigenvalue weighted by molar-refractivity contribution is 0.00446. The van der Waals surface area contributed by atoms with Crippen LogP contribution in [0.2, 0.25) is 0 Å². The van der Waals surface area contributed by atoms with Crippen molar-refractivity contribution >= 4 is 39.1 Å². The molecule has 11 nitrogen and oxygen atoms in total. The minimum atomic E-state index is -1.03. The maximum absolute atomic E-state index is 10.8. The number of aromatic nitrogens is 5. The third-order valence-corrected chi connectivity index (χ3v) is 10.5. The summed E-state index contributed by atoms with van der Waals surface area (Å²) in [4.78, 5) is 26.2. The predicted octanol–water partition coefficient (Wildman–Crippen LogP) is 3.53. The zero-order valence-corrected chi connectivity index (χ0v) is 25.2. The standard InChI is InChI=1S/C31H38N8O3S/c1-16-25(30-37-26-17(2)32-10-8-23(26)43-30)29(36-22-13-19(15-40)27(41)28(22)42)38-31(35-16)34-14-18-11-20-6-7-21(12-18)39(20)24-5-3-4-9-33-24/h3-5,8-10,18-22,27-28,40-42H,6-7,11-15H2,1-2H3,(H2,34,35,36,38)/t18?,19-,20-,21+,22-,27-,28+/m1/s1. The second-order valence-electron chi connectivity index (χ2n) is 12.2. The molecule has 4 aromatic rings. The number of fused-ring (bicyclic) bond motifs is 3. The average molecular weight is 603 g/mol. The van der Waals surface area contributed by atoms with Crippen LogP contribution in [0.15, 0.2) is 36.7 Å². The first-order chi connectivity index (χ1) is 20.9. The second-order valence-corrected chi connectivity index (χ2v) is 13.3. The molecule has 3 fully saturated rings. The summed E-state index contributed by atoms with van der Waals surface area (Å²) in [5, 5.41) is 38.7. The Morgan fingerprint density at radius 2 is 1.74 bits per heavy atom. The van der Waals surface area contributed by atoms with Gasteiger partial charge in [0.25, 0.3) is 0 Å². The van der Waals surface area contributed by atoms with Crippen molar-refractivity contribution in [2.45, 2.75) is 76.3 Å². The van der Waals surface area contributed by atoms with Gasteiger partial charge in [0.2, 0.25) is 5.95 Å². The number of aliphatic hydroxyl groups is 3. The Hall–Kier alpha value is -3.45. The Balaban J connectivity index is 1.14. The van der Waals surface area contributed by atoms with Crippen molar-refractivity contribution < 1.29 is 15.3 Å². The number of hydrogen-bond donors (Lipinski definition) is 5. The highest BCUT2D eigenvalue weighted by Crippen LogP contribution is 2.42. The van der Waals surface area contributed by atoms with Crippen molar-refractivity contribution in [3.8, 4) is 10.6 Å². The third kappa shape index (κ3) is 5.30. The summed E-state index contributed by atoms with van der Waals surface area (Å²) in [6.07, 6.45) is 6.62. The van der Waals surface area contributed by atoms with Crippen molar-refractivity contribution in [2.24, 2.45) is 11.8 Å². The highest BCUT2D eigenvalue weighted by atomic mass is 32.1. The van der Waals surface area contributed by atoms with Crippen LogP contribution in [-0.2, 0) is 0 Å². The molecule has 2 saturated heterocycles. The zero-order chi connectivity index (χ0) is 29.7. The number of piperidine rings is 1. The summed E-state index contributed by atoms with van der Waals surface area (Å²) >= 11 is 1.55. The van der Waals surface area contributed by atoms with E-state index in [1.165, 1.54) is 12.8 Å². The van der Waals surface area contributed by atoms with Gasteiger partial charge in [-0.15, -0.1) is 11.3 Å². The van der Waals surface area contributed by atoms with Gasteiger partial charge in [-0.25, -0.2) is 15.0 Å². The number of nitrogens with zero attached hydrogens (tertiary/aromatic N) is 6. The van der Waals surface area contributed by atoms with E-state index in [4.69, 9.17) is 15.0 Å². The van der Waals surface area contributed by atoms with E-state index < -0.39 is 24.2 Å². The topological polar surface area (TPSA) is 152 Å². The molecule has 7 rings (SSSR count). The molecule has 12 heteroatoms. The maximum Gasteiger partial charge on any atom is 0.224 e. The zero-order valence-electron chi connectivity index (χ0n) is 24.4. The Morgan fingerprint density at radius 3 is 2.44 bits per heavy atom. The Labute approximate surface area is 254 Å². The number of nitrogens with one attached hydrogen (secondary N) is 2. The Morgan fingerprint density at radius 1 is 0.930 bits per heavy atom. The fraction of sp³-hybridized carbons (Fsp3) is 0.516. The Kier molecular flexibility index (Phi) is 7.62. The van der Waals surface area contributed by atoms with E-state index in [9.17, 15) is 15.3 Å². The lowest BCUT2D eigenvalue weighted by atomic mass is 9.90. The summed E-state index contributed by atoms with van der Waals surface area (Å²) in [6, 6.07) is 8.61. The van der Waals surface area contributed by atoms with Crippen LogP contribution in [0.25, 0.3) is 20.8 Å². The van der Waals surface area contributed by atoms with Crippen molar-refractivity contribution in [1.29, 1.82) is 0 Å². The normalized spacial score (nSPS) is 28.5. The second kappa shape index (κ2) is 11.6. The van der Waals surface area contributed by atoms with Crippen molar-refractivity contribution in [1.82, 2.24) is 24.9 Å². The number of aryl methyl sites for hydroxylation is 2. The summed E-state index contributed by atoms with van der Waals surface area (Å²) in [5.74, 6) is 2.25. The number of rotatable bonds is 8. The van der Waals surface area contributed by atoms with Gasteiger partial charge in [0, 0.05) is 43.5 Å². The predicted molar refractivity (Wildman–Crippen MR) is 167 cm³/mol. The molecule has 43 heavy (non-hydrogen) atoms. The number of hydrogen-bond acceptors (Lipinski definition) is 12. The van der Waals surface area contributed by atoms with Gasteiger partial charge in [0.05, 0.1) is 33.8 Å².